The Labute approximate surface area is 143 Å². The fourth-order valence-corrected chi connectivity index (χ4v) is 2.66. The van der Waals surface area contributed by atoms with Crippen LogP contribution >= 0.6 is 11.6 Å². The zero-order valence-electron chi connectivity index (χ0n) is 12.9. The quantitative estimate of drug-likeness (QED) is 0.485. The number of benzene rings is 2. The van der Waals surface area contributed by atoms with Gasteiger partial charge in [-0.1, -0.05) is 29.8 Å². The lowest BCUT2D eigenvalue weighted by Crippen LogP contribution is -2.32. The topological polar surface area (TPSA) is 63.7 Å². The fourth-order valence-electron chi connectivity index (χ4n) is 2.51. The fraction of sp³-hybridized carbons (Fsp3) is 0.167. The Morgan fingerprint density at radius 2 is 1.71 bits per heavy atom. The maximum Gasteiger partial charge on any atom is 0.313 e. The van der Waals surface area contributed by atoms with Gasteiger partial charge in [0.2, 0.25) is 0 Å². The molecule has 1 aliphatic rings. The number of carbonyl (C=O) groups excluding carboxylic acids is 3. The second kappa shape index (κ2) is 6.45. The predicted molar refractivity (Wildman–Crippen MR) is 88.3 cm³/mol. The summed E-state index contributed by atoms with van der Waals surface area (Å²) in [7, 11) is 0. The Morgan fingerprint density at radius 3 is 2.33 bits per heavy atom. The lowest BCUT2D eigenvalue weighted by atomic mass is 10.1. The van der Waals surface area contributed by atoms with Crippen molar-refractivity contribution in [2.45, 2.75) is 13.3 Å². The van der Waals surface area contributed by atoms with Crippen LogP contribution in [0.5, 0.6) is 5.75 Å². The Bertz CT molecular complexity index is 812. The molecule has 3 rings (SSSR count). The van der Waals surface area contributed by atoms with Crippen LogP contribution < -0.4 is 4.74 Å². The number of aryl methyl sites for hydroxylation is 1. The van der Waals surface area contributed by atoms with Crippen molar-refractivity contribution in [3.8, 4) is 5.75 Å². The number of ether oxygens (including phenoxy) is 1. The number of amides is 2. The molecular formula is C18H14ClNO4. The third-order valence-electron chi connectivity index (χ3n) is 3.73. The Balaban J connectivity index is 1.64. The lowest BCUT2D eigenvalue weighted by molar-refractivity contribution is -0.134. The van der Waals surface area contributed by atoms with Crippen LogP contribution in [0, 0.1) is 6.92 Å². The van der Waals surface area contributed by atoms with Gasteiger partial charge in [0, 0.05) is 6.54 Å². The van der Waals surface area contributed by atoms with E-state index in [1.165, 1.54) is 0 Å². The van der Waals surface area contributed by atoms with E-state index in [-0.39, 0.29) is 18.7 Å². The molecule has 0 fully saturated rings. The van der Waals surface area contributed by atoms with E-state index in [0.29, 0.717) is 16.1 Å². The van der Waals surface area contributed by atoms with E-state index in [2.05, 4.69) is 0 Å². The predicted octanol–water partition coefficient (Wildman–Crippen LogP) is 3.24. The molecule has 5 nitrogen and oxygen atoms in total. The SMILES string of the molecule is Cc1ccc(Cl)c(OC(=O)CCN2C(=O)c3ccccc3C2=O)c1. The second-order valence-electron chi connectivity index (χ2n) is 5.47. The molecule has 2 aromatic rings. The van der Waals surface area contributed by atoms with Gasteiger partial charge in [0.1, 0.15) is 5.75 Å². The van der Waals surface area contributed by atoms with Gasteiger partial charge in [-0.25, -0.2) is 0 Å². The van der Waals surface area contributed by atoms with Gasteiger partial charge in [-0.3, -0.25) is 19.3 Å². The molecule has 0 bridgehead atoms. The van der Waals surface area contributed by atoms with Gasteiger partial charge in [-0.05, 0) is 36.8 Å². The maximum atomic E-state index is 12.2. The van der Waals surface area contributed by atoms with Gasteiger partial charge in [0.25, 0.3) is 11.8 Å². The lowest BCUT2D eigenvalue weighted by Gasteiger charge is -2.13. The molecule has 2 amide bonds. The number of fused-ring (bicyclic) bond motifs is 1. The van der Waals surface area contributed by atoms with Crippen LogP contribution in [-0.2, 0) is 4.79 Å². The van der Waals surface area contributed by atoms with Gasteiger partial charge in [0.05, 0.1) is 22.6 Å². The average molecular weight is 344 g/mol. The largest absolute Gasteiger partial charge is 0.425 e. The maximum absolute atomic E-state index is 12.2. The van der Waals surface area contributed by atoms with Crippen LogP contribution in [-0.4, -0.2) is 29.2 Å². The highest BCUT2D eigenvalue weighted by Gasteiger charge is 2.35. The second-order valence-corrected chi connectivity index (χ2v) is 5.87. The Morgan fingerprint density at radius 1 is 1.08 bits per heavy atom. The first-order valence-electron chi connectivity index (χ1n) is 7.39. The first kappa shape index (κ1) is 16.2. The number of imide groups is 1. The number of rotatable bonds is 4. The third-order valence-corrected chi connectivity index (χ3v) is 4.04. The molecule has 2 aromatic carbocycles. The van der Waals surface area contributed by atoms with Crippen LogP contribution in [0.1, 0.15) is 32.7 Å². The zero-order valence-corrected chi connectivity index (χ0v) is 13.7. The molecule has 0 aromatic heterocycles. The Kier molecular flexibility index (Phi) is 4.36. The minimum Gasteiger partial charge on any atom is -0.425 e. The summed E-state index contributed by atoms with van der Waals surface area (Å²) in [6, 6.07) is 11.7. The highest BCUT2D eigenvalue weighted by atomic mass is 35.5. The van der Waals surface area contributed by atoms with Crippen LogP contribution in [0.2, 0.25) is 5.02 Å². The summed E-state index contributed by atoms with van der Waals surface area (Å²) >= 11 is 5.98. The minimum atomic E-state index is -0.556. The van der Waals surface area contributed by atoms with Gasteiger partial charge in [-0.15, -0.1) is 0 Å². The van der Waals surface area contributed by atoms with Crippen LogP contribution in [0.25, 0.3) is 0 Å². The molecule has 0 saturated carbocycles. The van der Waals surface area contributed by atoms with E-state index in [1.807, 2.05) is 6.92 Å². The first-order chi connectivity index (χ1) is 11.5. The summed E-state index contributed by atoms with van der Waals surface area (Å²) < 4.78 is 5.21. The van der Waals surface area contributed by atoms with Crippen molar-refractivity contribution in [1.29, 1.82) is 0 Å². The molecule has 0 atom stereocenters. The van der Waals surface area contributed by atoms with E-state index in [9.17, 15) is 14.4 Å². The molecule has 0 N–H and O–H groups in total. The Hall–Kier alpha value is -2.66. The highest BCUT2D eigenvalue weighted by Crippen LogP contribution is 2.26. The minimum absolute atomic E-state index is 0.0331. The summed E-state index contributed by atoms with van der Waals surface area (Å²) in [6.45, 7) is 1.82. The van der Waals surface area contributed by atoms with Crippen molar-refractivity contribution in [3.05, 3.63) is 64.2 Å². The van der Waals surface area contributed by atoms with Gasteiger partial charge >= 0.3 is 5.97 Å². The molecule has 0 aliphatic carbocycles. The van der Waals surface area contributed by atoms with Crippen molar-refractivity contribution < 1.29 is 19.1 Å². The van der Waals surface area contributed by atoms with E-state index in [1.54, 1.807) is 42.5 Å². The molecule has 1 heterocycles. The number of nitrogens with zero attached hydrogens (tertiary/aromatic N) is 1. The number of carbonyl (C=O) groups is 3. The van der Waals surface area contributed by atoms with E-state index < -0.39 is 17.8 Å². The third kappa shape index (κ3) is 3.03. The van der Waals surface area contributed by atoms with Gasteiger partial charge < -0.3 is 4.74 Å². The van der Waals surface area contributed by atoms with Crippen molar-refractivity contribution in [2.75, 3.05) is 6.54 Å². The number of esters is 1. The molecule has 0 spiro atoms. The van der Waals surface area contributed by atoms with E-state index >= 15 is 0 Å². The van der Waals surface area contributed by atoms with E-state index in [0.717, 1.165) is 10.5 Å². The van der Waals surface area contributed by atoms with Crippen LogP contribution in [0.4, 0.5) is 0 Å². The van der Waals surface area contributed by atoms with Gasteiger partial charge in [0.15, 0.2) is 0 Å². The average Bonchev–Trinajstić information content (AvgIpc) is 2.81. The molecule has 24 heavy (non-hydrogen) atoms. The zero-order chi connectivity index (χ0) is 17.3. The van der Waals surface area contributed by atoms with Crippen molar-refractivity contribution in [1.82, 2.24) is 4.90 Å². The summed E-state index contributed by atoms with van der Waals surface area (Å²) in [6.07, 6.45) is -0.101. The normalized spacial score (nSPS) is 13.2. The molecule has 0 radical (unpaired) electrons. The standard InChI is InChI=1S/C18H14ClNO4/c1-11-6-7-14(19)15(10-11)24-16(21)8-9-20-17(22)12-4-2-3-5-13(12)18(20)23/h2-7,10H,8-9H2,1H3. The first-order valence-corrected chi connectivity index (χ1v) is 7.77. The number of halogens is 1. The van der Waals surface area contributed by atoms with Crippen molar-refractivity contribution >= 4 is 29.4 Å². The molecular weight excluding hydrogens is 330 g/mol. The summed E-state index contributed by atoms with van der Waals surface area (Å²) in [5.41, 5.74) is 1.62. The molecule has 122 valence electrons. The smallest absolute Gasteiger partial charge is 0.313 e. The summed E-state index contributed by atoms with van der Waals surface area (Å²) in [5.74, 6) is -1.07. The molecule has 0 saturated heterocycles. The monoisotopic (exact) mass is 343 g/mol. The number of hydrogen-bond donors (Lipinski definition) is 0. The molecule has 1 aliphatic heterocycles. The molecule has 6 heteroatoms. The van der Waals surface area contributed by atoms with Crippen molar-refractivity contribution in [3.63, 3.8) is 0 Å². The summed E-state index contributed by atoms with van der Waals surface area (Å²) in [4.78, 5) is 37.5. The van der Waals surface area contributed by atoms with Crippen LogP contribution in [0.3, 0.4) is 0 Å². The molecule has 0 unspecified atom stereocenters. The highest BCUT2D eigenvalue weighted by molar-refractivity contribution is 6.32. The number of hydrogen-bond acceptors (Lipinski definition) is 4. The van der Waals surface area contributed by atoms with E-state index in [4.69, 9.17) is 16.3 Å². The van der Waals surface area contributed by atoms with Crippen LogP contribution in [0.15, 0.2) is 42.5 Å². The van der Waals surface area contributed by atoms with Crippen molar-refractivity contribution in [2.24, 2.45) is 0 Å². The summed E-state index contributed by atoms with van der Waals surface area (Å²) in [5, 5.41) is 0.328. The van der Waals surface area contributed by atoms with Gasteiger partial charge in [-0.2, -0.15) is 0 Å².